The van der Waals surface area contributed by atoms with E-state index < -0.39 is 9.84 Å². The molecular formula is C16H23N5O4S. The van der Waals surface area contributed by atoms with Crippen LogP contribution in [0.25, 0.3) is 0 Å². The molecule has 0 bridgehead atoms. The van der Waals surface area contributed by atoms with Crippen molar-refractivity contribution in [1.82, 2.24) is 19.8 Å². The lowest BCUT2D eigenvalue weighted by Gasteiger charge is -2.32. The number of nitrogens with zero attached hydrogens (tertiary/aromatic N) is 5. The number of rotatable bonds is 4. The Hall–Kier alpha value is -2.23. The van der Waals surface area contributed by atoms with Gasteiger partial charge in [-0.3, -0.25) is 9.59 Å². The third kappa shape index (κ3) is 3.95. The van der Waals surface area contributed by atoms with Crippen molar-refractivity contribution < 1.29 is 18.0 Å². The van der Waals surface area contributed by atoms with Crippen molar-refractivity contribution in [3.63, 3.8) is 0 Å². The minimum absolute atomic E-state index is 0.101. The first-order chi connectivity index (χ1) is 12.3. The number of aromatic nitrogens is 2. The lowest BCUT2D eigenvalue weighted by molar-refractivity contribution is -0.119. The zero-order chi connectivity index (χ0) is 18.9. The van der Waals surface area contributed by atoms with E-state index in [9.17, 15) is 18.0 Å². The molecule has 2 saturated heterocycles. The molecule has 2 aliphatic rings. The third-order valence-electron chi connectivity index (χ3n) is 4.91. The Bertz CT molecular complexity index is 805. The minimum atomic E-state index is -3.00. The van der Waals surface area contributed by atoms with Gasteiger partial charge in [0.2, 0.25) is 6.41 Å². The maximum atomic E-state index is 12.8. The Balaban J connectivity index is 1.77. The number of aryl methyl sites for hydroxylation is 1. The van der Waals surface area contributed by atoms with E-state index in [0.717, 1.165) is 6.41 Å². The summed E-state index contributed by atoms with van der Waals surface area (Å²) in [5, 5.41) is 0. The minimum Gasteiger partial charge on any atom is -0.356 e. The molecule has 1 aromatic heterocycles. The second kappa shape index (κ2) is 7.18. The summed E-state index contributed by atoms with van der Waals surface area (Å²) in [5.74, 6) is 1.09. The lowest BCUT2D eigenvalue weighted by Crippen LogP contribution is -2.48. The van der Waals surface area contributed by atoms with Crippen LogP contribution in [0.4, 0.5) is 5.82 Å². The van der Waals surface area contributed by atoms with E-state index in [1.165, 1.54) is 0 Å². The van der Waals surface area contributed by atoms with E-state index in [2.05, 4.69) is 9.97 Å². The van der Waals surface area contributed by atoms with Crippen LogP contribution < -0.4 is 4.90 Å². The molecule has 3 rings (SSSR count). The van der Waals surface area contributed by atoms with Crippen molar-refractivity contribution in [2.75, 3.05) is 49.6 Å². The van der Waals surface area contributed by atoms with Gasteiger partial charge in [-0.05, 0) is 13.3 Å². The Labute approximate surface area is 152 Å². The summed E-state index contributed by atoms with van der Waals surface area (Å²) in [5.41, 5.74) is 0.291. The Morgan fingerprint density at radius 1 is 1.27 bits per heavy atom. The highest BCUT2D eigenvalue weighted by atomic mass is 32.2. The second-order valence-corrected chi connectivity index (χ2v) is 8.99. The third-order valence-corrected chi connectivity index (χ3v) is 6.66. The molecule has 0 aliphatic carbocycles. The molecule has 142 valence electrons. The monoisotopic (exact) mass is 381 g/mol. The largest absolute Gasteiger partial charge is 0.356 e. The molecule has 3 heterocycles. The van der Waals surface area contributed by atoms with E-state index in [4.69, 9.17) is 0 Å². The van der Waals surface area contributed by atoms with Crippen molar-refractivity contribution in [2.24, 2.45) is 0 Å². The summed E-state index contributed by atoms with van der Waals surface area (Å²) in [4.78, 5) is 37.3. The molecule has 10 heteroatoms. The SMILES string of the molecule is Cc1nc(C(=O)N2CCN(C=O)CC2)cc(N(C)C2CCS(=O)(=O)C2)n1. The molecule has 0 spiro atoms. The molecule has 0 saturated carbocycles. The fourth-order valence-electron chi connectivity index (χ4n) is 3.30. The van der Waals surface area contributed by atoms with Crippen LogP contribution in [0.5, 0.6) is 0 Å². The first kappa shape index (κ1) is 18.6. The van der Waals surface area contributed by atoms with Crippen LogP contribution in [0, 0.1) is 6.92 Å². The predicted octanol–water partition coefficient (Wildman–Crippen LogP) is -0.677. The van der Waals surface area contributed by atoms with Crippen LogP contribution >= 0.6 is 0 Å². The maximum Gasteiger partial charge on any atom is 0.272 e. The molecule has 9 nitrogen and oxygen atoms in total. The fraction of sp³-hybridized carbons (Fsp3) is 0.625. The van der Waals surface area contributed by atoms with Crippen LogP contribution in [0.15, 0.2) is 6.07 Å². The summed E-state index contributed by atoms with van der Waals surface area (Å²) >= 11 is 0. The number of hydrogen-bond acceptors (Lipinski definition) is 7. The van der Waals surface area contributed by atoms with Gasteiger partial charge in [0, 0.05) is 45.3 Å². The molecule has 2 amide bonds. The van der Waals surface area contributed by atoms with Crippen molar-refractivity contribution in [3.8, 4) is 0 Å². The van der Waals surface area contributed by atoms with Gasteiger partial charge < -0.3 is 14.7 Å². The molecule has 0 aromatic carbocycles. The van der Waals surface area contributed by atoms with E-state index >= 15 is 0 Å². The van der Waals surface area contributed by atoms with Gasteiger partial charge in [-0.2, -0.15) is 0 Å². The molecule has 2 fully saturated rings. The first-order valence-electron chi connectivity index (χ1n) is 8.56. The molecule has 0 radical (unpaired) electrons. The average Bonchev–Trinajstić information content (AvgIpc) is 2.99. The summed E-state index contributed by atoms with van der Waals surface area (Å²) in [6.45, 7) is 3.65. The van der Waals surface area contributed by atoms with E-state index in [-0.39, 0.29) is 23.5 Å². The van der Waals surface area contributed by atoms with Gasteiger partial charge in [0.05, 0.1) is 11.5 Å². The number of sulfone groups is 1. The van der Waals surface area contributed by atoms with Gasteiger partial charge in [-0.1, -0.05) is 0 Å². The standard InChI is InChI=1S/C16H23N5O4S/c1-12-17-14(16(23)21-6-4-20(11-22)5-7-21)9-15(18-12)19(2)13-3-8-26(24,25)10-13/h9,11,13H,3-8,10H2,1-2H3. The first-order valence-corrected chi connectivity index (χ1v) is 10.4. The summed E-state index contributed by atoms with van der Waals surface area (Å²) in [6.07, 6.45) is 1.35. The van der Waals surface area contributed by atoms with Crippen molar-refractivity contribution in [3.05, 3.63) is 17.6 Å². The highest BCUT2D eigenvalue weighted by Crippen LogP contribution is 2.22. The second-order valence-electron chi connectivity index (χ2n) is 6.76. The summed E-state index contributed by atoms with van der Waals surface area (Å²) in [6, 6.07) is 1.47. The molecule has 1 aromatic rings. The Kier molecular flexibility index (Phi) is 5.12. The van der Waals surface area contributed by atoms with Gasteiger partial charge in [0.1, 0.15) is 17.3 Å². The zero-order valence-corrected chi connectivity index (χ0v) is 15.8. The number of carbonyl (C=O) groups is 2. The van der Waals surface area contributed by atoms with Crippen LogP contribution in [0.3, 0.4) is 0 Å². The summed E-state index contributed by atoms with van der Waals surface area (Å²) < 4.78 is 23.5. The number of anilines is 1. The van der Waals surface area contributed by atoms with Gasteiger partial charge in [-0.25, -0.2) is 18.4 Å². The normalized spacial score (nSPS) is 22.3. The van der Waals surface area contributed by atoms with Crippen LogP contribution in [0.2, 0.25) is 0 Å². The number of hydrogen-bond donors (Lipinski definition) is 0. The van der Waals surface area contributed by atoms with E-state index in [1.54, 1.807) is 29.8 Å². The van der Waals surface area contributed by atoms with Gasteiger partial charge in [0.25, 0.3) is 5.91 Å². The predicted molar refractivity (Wildman–Crippen MR) is 95.8 cm³/mol. The highest BCUT2D eigenvalue weighted by Gasteiger charge is 2.32. The van der Waals surface area contributed by atoms with Crippen molar-refractivity contribution in [2.45, 2.75) is 19.4 Å². The molecule has 1 unspecified atom stereocenters. The van der Waals surface area contributed by atoms with Gasteiger partial charge in [-0.15, -0.1) is 0 Å². The molecule has 0 N–H and O–H groups in total. The van der Waals surface area contributed by atoms with Crippen molar-refractivity contribution in [1.29, 1.82) is 0 Å². The molecule has 2 aliphatic heterocycles. The quantitative estimate of drug-likeness (QED) is 0.637. The van der Waals surface area contributed by atoms with Crippen LogP contribution in [-0.4, -0.2) is 91.3 Å². The zero-order valence-electron chi connectivity index (χ0n) is 15.0. The number of amides is 2. The molecule has 26 heavy (non-hydrogen) atoms. The van der Waals surface area contributed by atoms with E-state index in [0.29, 0.717) is 49.9 Å². The number of carbonyl (C=O) groups excluding carboxylic acids is 2. The number of piperazine rings is 1. The lowest BCUT2D eigenvalue weighted by atomic mass is 10.2. The fourth-order valence-corrected chi connectivity index (χ4v) is 5.08. The maximum absolute atomic E-state index is 12.8. The topological polar surface area (TPSA) is 104 Å². The summed E-state index contributed by atoms with van der Waals surface area (Å²) in [7, 11) is -1.21. The van der Waals surface area contributed by atoms with Crippen molar-refractivity contribution >= 4 is 28.0 Å². The van der Waals surface area contributed by atoms with Gasteiger partial charge >= 0.3 is 0 Å². The Morgan fingerprint density at radius 2 is 1.96 bits per heavy atom. The highest BCUT2D eigenvalue weighted by molar-refractivity contribution is 7.91. The van der Waals surface area contributed by atoms with E-state index in [1.807, 2.05) is 4.90 Å². The molecule has 1 atom stereocenters. The van der Waals surface area contributed by atoms with Gasteiger partial charge in [0.15, 0.2) is 9.84 Å². The Morgan fingerprint density at radius 3 is 2.54 bits per heavy atom. The van der Waals surface area contributed by atoms with Crippen LogP contribution in [-0.2, 0) is 14.6 Å². The smallest absolute Gasteiger partial charge is 0.272 e. The van der Waals surface area contributed by atoms with Crippen LogP contribution in [0.1, 0.15) is 22.7 Å². The average molecular weight is 381 g/mol. The molecular weight excluding hydrogens is 358 g/mol.